The SMILES string of the molecule is C=CCCC(=O)N[C@@H](C)[C@H](OC(=O)[C@@H]1[C@H]2C(=O)N([C@@H](CC)CO)[C@H](C(=O)N(CC=C)c3ccc(Cl)cc3)[C@]23CC[C@H]1O3)c1ccccc1. The molecule has 3 saturated heterocycles. The van der Waals surface area contributed by atoms with Crippen molar-refractivity contribution in [3.63, 3.8) is 0 Å². The van der Waals surface area contributed by atoms with Gasteiger partial charge in [-0.3, -0.25) is 19.2 Å². The van der Waals surface area contributed by atoms with Crippen molar-refractivity contribution in [3.8, 4) is 0 Å². The lowest BCUT2D eigenvalue weighted by Gasteiger charge is -2.39. The van der Waals surface area contributed by atoms with E-state index in [4.69, 9.17) is 21.1 Å². The Morgan fingerprint density at radius 3 is 2.50 bits per heavy atom. The summed E-state index contributed by atoms with van der Waals surface area (Å²) in [5, 5.41) is 13.8. The second-order valence-corrected chi connectivity index (χ2v) is 13.1. The van der Waals surface area contributed by atoms with E-state index in [-0.39, 0.29) is 25.5 Å². The summed E-state index contributed by atoms with van der Waals surface area (Å²) in [6.07, 6.45) is 3.73. The third-order valence-corrected chi connectivity index (χ3v) is 10.1. The van der Waals surface area contributed by atoms with Crippen LogP contribution in [0.2, 0.25) is 5.02 Å². The van der Waals surface area contributed by atoms with Crippen LogP contribution in [0.15, 0.2) is 79.9 Å². The Morgan fingerprint density at radius 1 is 1.17 bits per heavy atom. The van der Waals surface area contributed by atoms with E-state index in [9.17, 15) is 24.3 Å². The predicted octanol–water partition coefficient (Wildman–Crippen LogP) is 4.76. The maximum Gasteiger partial charge on any atom is 0.313 e. The molecule has 2 N–H and O–H groups in total. The highest BCUT2D eigenvalue weighted by Gasteiger charge is 2.75. The number of hydrogen-bond donors (Lipinski definition) is 2. The van der Waals surface area contributed by atoms with E-state index in [0.29, 0.717) is 42.0 Å². The van der Waals surface area contributed by atoms with Crippen LogP contribution < -0.4 is 10.2 Å². The maximum atomic E-state index is 14.7. The van der Waals surface area contributed by atoms with E-state index in [0.717, 1.165) is 0 Å². The molecule has 0 aliphatic carbocycles. The van der Waals surface area contributed by atoms with Crippen LogP contribution in [0.4, 0.5) is 5.69 Å². The van der Waals surface area contributed by atoms with Crippen molar-refractivity contribution in [3.05, 3.63) is 90.5 Å². The molecule has 0 unspecified atom stereocenters. The third kappa shape index (κ3) is 6.53. The molecular formula is C37H44ClN3O7. The van der Waals surface area contributed by atoms with Crippen molar-refractivity contribution >= 4 is 41.0 Å². The van der Waals surface area contributed by atoms with Crippen LogP contribution in [-0.4, -0.2) is 76.7 Å². The Labute approximate surface area is 286 Å². The second-order valence-electron chi connectivity index (χ2n) is 12.7. The number of rotatable bonds is 15. The zero-order chi connectivity index (χ0) is 34.6. The predicted molar refractivity (Wildman–Crippen MR) is 182 cm³/mol. The van der Waals surface area contributed by atoms with Crippen molar-refractivity contribution in [2.24, 2.45) is 11.8 Å². The molecule has 48 heavy (non-hydrogen) atoms. The number of esters is 1. The Balaban J connectivity index is 1.49. The van der Waals surface area contributed by atoms with Crippen molar-refractivity contribution in [2.75, 3.05) is 18.1 Å². The number of nitrogens with one attached hydrogen (secondary N) is 1. The molecule has 2 bridgehead atoms. The zero-order valence-electron chi connectivity index (χ0n) is 27.4. The van der Waals surface area contributed by atoms with Gasteiger partial charge in [-0.05, 0) is 62.4 Å². The number of benzene rings is 2. The van der Waals surface area contributed by atoms with Gasteiger partial charge in [0.25, 0.3) is 5.91 Å². The van der Waals surface area contributed by atoms with Gasteiger partial charge in [-0.2, -0.15) is 0 Å². The first-order valence-electron chi connectivity index (χ1n) is 16.6. The van der Waals surface area contributed by atoms with Crippen molar-refractivity contribution in [1.29, 1.82) is 0 Å². The van der Waals surface area contributed by atoms with Crippen LogP contribution in [0, 0.1) is 11.8 Å². The number of allylic oxidation sites excluding steroid dienone is 1. The minimum Gasteiger partial charge on any atom is -0.455 e. The largest absolute Gasteiger partial charge is 0.455 e. The van der Waals surface area contributed by atoms with Crippen molar-refractivity contribution in [2.45, 2.75) is 81.9 Å². The molecule has 0 radical (unpaired) electrons. The Kier molecular flexibility index (Phi) is 11.1. The molecular weight excluding hydrogens is 634 g/mol. The minimum absolute atomic E-state index is 0.153. The summed E-state index contributed by atoms with van der Waals surface area (Å²) in [4.78, 5) is 59.1. The fraction of sp³-hybridized carbons (Fsp3) is 0.459. The Hall–Kier alpha value is -3.99. The summed E-state index contributed by atoms with van der Waals surface area (Å²) in [6.45, 7) is 10.9. The number of carbonyl (C=O) groups excluding carboxylic acids is 4. The lowest BCUT2D eigenvalue weighted by molar-refractivity contribution is -0.162. The van der Waals surface area contributed by atoms with Crippen LogP contribution in [0.1, 0.15) is 57.6 Å². The summed E-state index contributed by atoms with van der Waals surface area (Å²) < 4.78 is 12.8. The van der Waals surface area contributed by atoms with Gasteiger partial charge in [-0.25, -0.2) is 0 Å². The fourth-order valence-electron chi connectivity index (χ4n) is 7.61. The molecule has 3 aliphatic heterocycles. The van der Waals surface area contributed by atoms with Crippen LogP contribution in [0.3, 0.4) is 0 Å². The molecule has 11 heteroatoms. The van der Waals surface area contributed by atoms with E-state index >= 15 is 0 Å². The van der Waals surface area contributed by atoms with Crippen LogP contribution in [0.25, 0.3) is 0 Å². The van der Waals surface area contributed by atoms with Crippen LogP contribution in [0.5, 0.6) is 0 Å². The lowest BCUT2D eigenvalue weighted by Crippen LogP contribution is -2.59. The minimum atomic E-state index is -1.30. The summed E-state index contributed by atoms with van der Waals surface area (Å²) >= 11 is 6.14. The van der Waals surface area contributed by atoms with Gasteiger partial charge in [-0.15, -0.1) is 13.2 Å². The van der Waals surface area contributed by atoms with E-state index in [1.54, 1.807) is 43.3 Å². The Morgan fingerprint density at radius 2 is 1.88 bits per heavy atom. The average molecular weight is 678 g/mol. The number of likely N-dealkylation sites (tertiary alicyclic amines) is 1. The number of halogens is 1. The van der Waals surface area contributed by atoms with Gasteiger partial charge in [0.2, 0.25) is 11.8 Å². The summed E-state index contributed by atoms with van der Waals surface area (Å²) in [7, 11) is 0. The molecule has 8 atom stereocenters. The second kappa shape index (κ2) is 15.1. The van der Waals surface area contributed by atoms with Gasteiger partial charge in [0.15, 0.2) is 0 Å². The molecule has 1 spiro atoms. The van der Waals surface area contributed by atoms with E-state index < -0.39 is 65.6 Å². The monoisotopic (exact) mass is 677 g/mol. The quantitative estimate of drug-likeness (QED) is 0.206. The highest BCUT2D eigenvalue weighted by molar-refractivity contribution is 6.30. The average Bonchev–Trinajstić information content (AvgIpc) is 3.74. The van der Waals surface area contributed by atoms with Gasteiger partial charge in [-0.1, -0.05) is 61.0 Å². The number of nitrogens with zero attached hydrogens (tertiary/aromatic N) is 2. The number of fused-ring (bicyclic) bond motifs is 1. The maximum absolute atomic E-state index is 14.7. The number of hydrogen-bond acceptors (Lipinski definition) is 7. The zero-order valence-corrected chi connectivity index (χ0v) is 28.2. The molecule has 0 aromatic heterocycles. The molecule has 3 amide bonds. The molecule has 5 rings (SSSR count). The smallest absolute Gasteiger partial charge is 0.313 e. The first-order valence-corrected chi connectivity index (χ1v) is 16.9. The highest BCUT2D eigenvalue weighted by atomic mass is 35.5. The van der Waals surface area contributed by atoms with Crippen molar-refractivity contribution in [1.82, 2.24) is 10.2 Å². The topological polar surface area (TPSA) is 125 Å². The molecule has 2 aromatic rings. The standard InChI is InChI=1S/C37H44ClN3O7/c1-5-8-14-29(43)39-23(4)32(24-12-10-9-11-13-24)47-36(46)30-28-19-20-37(48-28)31(30)34(44)41(26(7-3)22-42)33(37)35(45)40(21-6-2)27-17-15-25(38)16-18-27/h5-6,9-13,15-18,23,26,28,30-33,42H,1-2,7-8,14,19-22H2,3-4H3,(H,39,43)/t23-,26-,28+,30-,31-,32-,33+,37-/m0/s1. The van der Waals surface area contributed by atoms with Crippen molar-refractivity contribution < 1.29 is 33.8 Å². The molecule has 2 aromatic carbocycles. The molecule has 3 heterocycles. The fourth-order valence-corrected chi connectivity index (χ4v) is 7.73. The summed E-state index contributed by atoms with van der Waals surface area (Å²) in [6, 6.07) is 13.6. The van der Waals surface area contributed by atoms with Crippen LogP contribution in [-0.2, 0) is 28.7 Å². The summed E-state index contributed by atoms with van der Waals surface area (Å²) in [5.74, 6) is -3.64. The number of aliphatic hydroxyl groups is 1. The number of anilines is 1. The van der Waals surface area contributed by atoms with Gasteiger partial charge in [0.1, 0.15) is 17.7 Å². The molecule has 256 valence electrons. The van der Waals surface area contributed by atoms with E-state index in [1.807, 2.05) is 37.3 Å². The van der Waals surface area contributed by atoms with E-state index in [1.165, 1.54) is 9.80 Å². The van der Waals surface area contributed by atoms with Gasteiger partial charge < -0.3 is 29.7 Å². The molecule has 3 fully saturated rings. The number of ether oxygens (including phenoxy) is 2. The van der Waals surface area contributed by atoms with Crippen LogP contribution >= 0.6 is 11.6 Å². The first kappa shape index (κ1) is 35.3. The highest BCUT2D eigenvalue weighted by Crippen LogP contribution is 2.59. The number of carbonyl (C=O) groups is 4. The van der Waals surface area contributed by atoms with E-state index in [2.05, 4.69) is 18.5 Å². The Bertz CT molecular complexity index is 1510. The summed E-state index contributed by atoms with van der Waals surface area (Å²) in [5.41, 5.74) is -0.0566. The first-order chi connectivity index (χ1) is 23.1. The van der Waals surface area contributed by atoms with Gasteiger partial charge >= 0.3 is 5.97 Å². The lowest BCUT2D eigenvalue weighted by atomic mass is 9.70. The molecule has 10 nitrogen and oxygen atoms in total. The molecule has 0 saturated carbocycles. The molecule has 3 aliphatic rings. The third-order valence-electron chi connectivity index (χ3n) is 9.83. The number of aliphatic hydroxyl groups excluding tert-OH is 1. The van der Waals surface area contributed by atoms with Gasteiger partial charge in [0, 0.05) is 23.7 Å². The normalized spacial score (nSPS) is 25.9. The van der Waals surface area contributed by atoms with Gasteiger partial charge in [0.05, 0.1) is 36.6 Å². The number of amides is 3.